The number of amides is 1. The number of nitrogens with one attached hydrogen (secondary N) is 2. The molecule has 1 aliphatic carbocycles. The summed E-state index contributed by atoms with van der Waals surface area (Å²) in [7, 11) is 0. The molecule has 1 saturated carbocycles. The highest BCUT2D eigenvalue weighted by molar-refractivity contribution is 5.88. The number of carbonyl (C=O) groups is 1. The lowest BCUT2D eigenvalue weighted by Crippen LogP contribution is -2.22. The third kappa shape index (κ3) is 3.72. The van der Waals surface area contributed by atoms with Crippen molar-refractivity contribution in [3.63, 3.8) is 0 Å². The molecule has 104 valence electrons. The first-order valence-electron chi connectivity index (χ1n) is 7.00. The van der Waals surface area contributed by atoms with Gasteiger partial charge in [0.2, 0.25) is 5.91 Å². The number of anilines is 2. The van der Waals surface area contributed by atoms with Crippen LogP contribution in [-0.4, -0.2) is 11.9 Å². The average molecular weight is 260 g/mol. The summed E-state index contributed by atoms with van der Waals surface area (Å²) < 4.78 is 0. The van der Waals surface area contributed by atoms with Crippen molar-refractivity contribution in [2.75, 3.05) is 10.6 Å². The number of carbonyl (C=O) groups excluding carboxylic acids is 1. The molecule has 0 aromatic heterocycles. The molecule has 2 unspecified atom stereocenters. The molecule has 1 aromatic carbocycles. The van der Waals surface area contributed by atoms with E-state index in [2.05, 4.69) is 31.4 Å². The Morgan fingerprint density at radius 3 is 2.21 bits per heavy atom. The maximum atomic E-state index is 11.0. The molecule has 1 amide bonds. The van der Waals surface area contributed by atoms with Crippen molar-refractivity contribution in [1.29, 1.82) is 0 Å². The van der Waals surface area contributed by atoms with Crippen LogP contribution in [0.5, 0.6) is 0 Å². The van der Waals surface area contributed by atoms with E-state index in [0.29, 0.717) is 17.4 Å². The van der Waals surface area contributed by atoms with Crippen LogP contribution in [0.25, 0.3) is 0 Å². The van der Waals surface area contributed by atoms with E-state index in [1.807, 2.05) is 24.3 Å². The van der Waals surface area contributed by atoms with E-state index in [-0.39, 0.29) is 5.91 Å². The lowest BCUT2D eigenvalue weighted by Gasteiger charge is -2.20. The van der Waals surface area contributed by atoms with Gasteiger partial charge in [-0.25, -0.2) is 0 Å². The van der Waals surface area contributed by atoms with Crippen molar-refractivity contribution in [2.45, 2.75) is 46.6 Å². The van der Waals surface area contributed by atoms with Crippen LogP contribution in [-0.2, 0) is 4.79 Å². The molecular weight excluding hydrogens is 236 g/mol. The third-order valence-corrected chi connectivity index (χ3v) is 3.89. The Morgan fingerprint density at radius 2 is 1.74 bits per heavy atom. The molecule has 3 heteroatoms. The summed E-state index contributed by atoms with van der Waals surface area (Å²) in [6.45, 7) is 8.52. The van der Waals surface area contributed by atoms with Crippen molar-refractivity contribution in [1.82, 2.24) is 0 Å². The van der Waals surface area contributed by atoms with Crippen LogP contribution < -0.4 is 10.6 Å². The number of hydrogen-bond acceptors (Lipinski definition) is 2. The summed E-state index contributed by atoms with van der Waals surface area (Å²) in [5.74, 6) is 0.664. The van der Waals surface area contributed by atoms with Gasteiger partial charge in [0, 0.05) is 24.3 Å². The molecule has 3 nitrogen and oxygen atoms in total. The van der Waals surface area contributed by atoms with Gasteiger partial charge in [-0.05, 0) is 48.4 Å². The predicted octanol–water partition coefficient (Wildman–Crippen LogP) is 3.88. The lowest BCUT2D eigenvalue weighted by atomic mass is 9.91. The molecule has 2 N–H and O–H groups in total. The molecular formula is C16H24N2O. The summed E-state index contributed by atoms with van der Waals surface area (Å²) >= 11 is 0. The van der Waals surface area contributed by atoms with Gasteiger partial charge in [-0.15, -0.1) is 0 Å². The second kappa shape index (κ2) is 5.24. The van der Waals surface area contributed by atoms with Gasteiger partial charge >= 0.3 is 0 Å². The number of hydrogen-bond donors (Lipinski definition) is 2. The first kappa shape index (κ1) is 13.9. The monoisotopic (exact) mass is 260 g/mol. The Bertz CT molecular complexity index is 450. The minimum absolute atomic E-state index is 0.0353. The van der Waals surface area contributed by atoms with Crippen LogP contribution in [0.2, 0.25) is 0 Å². The van der Waals surface area contributed by atoms with E-state index in [0.717, 1.165) is 11.4 Å². The molecule has 1 aliphatic rings. The van der Waals surface area contributed by atoms with Gasteiger partial charge in [0.15, 0.2) is 0 Å². The summed E-state index contributed by atoms with van der Waals surface area (Å²) in [4.78, 5) is 11.0. The Hall–Kier alpha value is -1.51. The molecule has 1 fully saturated rings. The summed E-state index contributed by atoms with van der Waals surface area (Å²) in [5, 5.41) is 6.39. The van der Waals surface area contributed by atoms with E-state index < -0.39 is 0 Å². The van der Waals surface area contributed by atoms with Gasteiger partial charge in [0.25, 0.3) is 0 Å². The van der Waals surface area contributed by atoms with Crippen molar-refractivity contribution in [3.05, 3.63) is 24.3 Å². The van der Waals surface area contributed by atoms with Crippen molar-refractivity contribution >= 4 is 17.3 Å². The second-order valence-electron chi connectivity index (χ2n) is 6.56. The summed E-state index contributed by atoms with van der Waals surface area (Å²) in [6, 6.07) is 8.48. The van der Waals surface area contributed by atoms with Gasteiger partial charge in [-0.1, -0.05) is 20.8 Å². The first-order chi connectivity index (χ1) is 8.85. The standard InChI is InChI=1S/C16H24N2O/c1-11-9-16(3,4)10-15(11)18-14-7-5-13(6-8-14)17-12(2)19/h5-8,11,15,18H,9-10H2,1-4H3,(H,17,19). The SMILES string of the molecule is CC(=O)Nc1ccc(NC2CC(C)(C)CC2C)cc1. The molecule has 19 heavy (non-hydrogen) atoms. The highest BCUT2D eigenvalue weighted by atomic mass is 16.1. The number of benzene rings is 1. The highest BCUT2D eigenvalue weighted by Crippen LogP contribution is 2.42. The van der Waals surface area contributed by atoms with Gasteiger partial charge in [-0.3, -0.25) is 4.79 Å². The molecule has 0 aliphatic heterocycles. The summed E-state index contributed by atoms with van der Waals surface area (Å²) in [6.07, 6.45) is 2.48. The summed E-state index contributed by atoms with van der Waals surface area (Å²) in [5.41, 5.74) is 2.41. The van der Waals surface area contributed by atoms with E-state index in [1.165, 1.54) is 19.8 Å². The largest absolute Gasteiger partial charge is 0.382 e. The highest BCUT2D eigenvalue weighted by Gasteiger charge is 2.36. The van der Waals surface area contributed by atoms with E-state index in [1.54, 1.807) is 0 Å². The van der Waals surface area contributed by atoms with Crippen LogP contribution in [0.4, 0.5) is 11.4 Å². The lowest BCUT2D eigenvalue weighted by molar-refractivity contribution is -0.114. The molecule has 0 spiro atoms. The van der Waals surface area contributed by atoms with Gasteiger partial charge in [-0.2, -0.15) is 0 Å². The molecule has 2 rings (SSSR count). The minimum Gasteiger partial charge on any atom is -0.382 e. The van der Waals surface area contributed by atoms with Crippen molar-refractivity contribution < 1.29 is 4.79 Å². The minimum atomic E-state index is -0.0353. The van der Waals surface area contributed by atoms with Crippen LogP contribution in [0.15, 0.2) is 24.3 Å². The molecule has 2 atom stereocenters. The predicted molar refractivity (Wildman–Crippen MR) is 80.3 cm³/mol. The second-order valence-corrected chi connectivity index (χ2v) is 6.56. The number of rotatable bonds is 3. The van der Waals surface area contributed by atoms with Crippen LogP contribution in [0.3, 0.4) is 0 Å². The van der Waals surface area contributed by atoms with Crippen LogP contribution >= 0.6 is 0 Å². The van der Waals surface area contributed by atoms with E-state index in [4.69, 9.17) is 0 Å². The molecule has 1 aromatic rings. The van der Waals surface area contributed by atoms with Crippen molar-refractivity contribution in [3.8, 4) is 0 Å². The van der Waals surface area contributed by atoms with Gasteiger partial charge < -0.3 is 10.6 Å². The zero-order valence-electron chi connectivity index (χ0n) is 12.3. The van der Waals surface area contributed by atoms with Crippen LogP contribution in [0, 0.1) is 11.3 Å². The van der Waals surface area contributed by atoms with Crippen LogP contribution in [0.1, 0.15) is 40.5 Å². The molecule has 0 heterocycles. The maximum Gasteiger partial charge on any atom is 0.221 e. The Balaban J connectivity index is 1.98. The third-order valence-electron chi connectivity index (χ3n) is 3.89. The fourth-order valence-electron chi connectivity index (χ4n) is 3.15. The molecule has 0 radical (unpaired) electrons. The Morgan fingerprint density at radius 1 is 1.16 bits per heavy atom. The maximum absolute atomic E-state index is 11.0. The van der Waals surface area contributed by atoms with E-state index >= 15 is 0 Å². The average Bonchev–Trinajstić information content (AvgIpc) is 2.54. The first-order valence-corrected chi connectivity index (χ1v) is 7.00. The zero-order chi connectivity index (χ0) is 14.0. The molecule has 0 bridgehead atoms. The fourth-order valence-corrected chi connectivity index (χ4v) is 3.15. The zero-order valence-corrected chi connectivity index (χ0v) is 12.3. The fraction of sp³-hybridized carbons (Fsp3) is 0.562. The quantitative estimate of drug-likeness (QED) is 0.866. The normalized spacial score (nSPS) is 25.1. The van der Waals surface area contributed by atoms with Gasteiger partial charge in [0.1, 0.15) is 0 Å². The van der Waals surface area contributed by atoms with Gasteiger partial charge in [0.05, 0.1) is 0 Å². The Kier molecular flexibility index (Phi) is 3.83. The molecule has 0 saturated heterocycles. The van der Waals surface area contributed by atoms with E-state index in [9.17, 15) is 4.79 Å². The Labute approximate surface area is 115 Å². The van der Waals surface area contributed by atoms with Crippen molar-refractivity contribution in [2.24, 2.45) is 11.3 Å². The topological polar surface area (TPSA) is 41.1 Å². The smallest absolute Gasteiger partial charge is 0.221 e.